The Morgan fingerprint density at radius 2 is 2.00 bits per heavy atom. The first-order chi connectivity index (χ1) is 6.34. The maximum atomic E-state index is 12.9. The first-order valence-corrected chi connectivity index (χ1v) is 4.03. The van der Waals surface area contributed by atoms with E-state index in [1.54, 1.807) is 18.2 Å². The zero-order chi connectivity index (χ0) is 9.52. The van der Waals surface area contributed by atoms with Gasteiger partial charge in [0.15, 0.2) is 11.6 Å². The van der Waals surface area contributed by atoms with Gasteiger partial charge in [-0.1, -0.05) is 12.1 Å². The van der Waals surface area contributed by atoms with Gasteiger partial charge < -0.3 is 9.57 Å². The molecular formula is C9H12FNO2. The van der Waals surface area contributed by atoms with E-state index in [1.165, 1.54) is 6.07 Å². The van der Waals surface area contributed by atoms with E-state index < -0.39 is 0 Å². The van der Waals surface area contributed by atoms with Gasteiger partial charge in [-0.15, -0.1) is 0 Å². The lowest BCUT2D eigenvalue weighted by molar-refractivity contribution is 0.121. The third-order valence-corrected chi connectivity index (χ3v) is 1.50. The highest BCUT2D eigenvalue weighted by atomic mass is 19.1. The number of para-hydroxylation sites is 1. The molecule has 13 heavy (non-hydrogen) atoms. The van der Waals surface area contributed by atoms with Crippen molar-refractivity contribution in [2.24, 2.45) is 5.90 Å². The summed E-state index contributed by atoms with van der Waals surface area (Å²) >= 11 is 0. The summed E-state index contributed by atoms with van der Waals surface area (Å²) in [5.74, 6) is 4.72. The van der Waals surface area contributed by atoms with Crippen LogP contribution >= 0.6 is 0 Å². The number of hydrogen-bond acceptors (Lipinski definition) is 3. The van der Waals surface area contributed by atoms with Gasteiger partial charge in [0.25, 0.3) is 0 Å². The smallest absolute Gasteiger partial charge is 0.165 e. The second-order valence-electron chi connectivity index (χ2n) is 2.50. The first kappa shape index (κ1) is 9.95. The second kappa shape index (κ2) is 5.50. The summed E-state index contributed by atoms with van der Waals surface area (Å²) in [6.45, 7) is 0.812. The Labute approximate surface area is 76.2 Å². The lowest BCUT2D eigenvalue weighted by atomic mass is 10.3. The second-order valence-corrected chi connectivity index (χ2v) is 2.50. The van der Waals surface area contributed by atoms with Crippen LogP contribution in [0.5, 0.6) is 5.75 Å². The van der Waals surface area contributed by atoms with Gasteiger partial charge in [-0.3, -0.25) is 0 Å². The number of hydrogen-bond donors (Lipinski definition) is 1. The molecule has 0 bridgehead atoms. The van der Waals surface area contributed by atoms with E-state index in [0.29, 0.717) is 19.6 Å². The topological polar surface area (TPSA) is 44.5 Å². The Morgan fingerprint density at radius 1 is 1.23 bits per heavy atom. The molecule has 0 fully saturated rings. The highest BCUT2D eigenvalue weighted by Gasteiger charge is 1.99. The average molecular weight is 185 g/mol. The average Bonchev–Trinajstić information content (AvgIpc) is 2.15. The molecule has 2 N–H and O–H groups in total. The summed E-state index contributed by atoms with van der Waals surface area (Å²) < 4.78 is 18.0. The van der Waals surface area contributed by atoms with Crippen LogP contribution in [0.4, 0.5) is 4.39 Å². The standard InChI is InChI=1S/C9H12FNO2/c10-8-4-1-2-5-9(8)12-6-3-7-13-11/h1-2,4-5H,3,6-7,11H2. The molecule has 0 spiro atoms. The largest absolute Gasteiger partial charge is 0.490 e. The molecular weight excluding hydrogens is 173 g/mol. The molecule has 3 nitrogen and oxygen atoms in total. The van der Waals surface area contributed by atoms with Crippen LogP contribution in [0.1, 0.15) is 6.42 Å². The minimum Gasteiger partial charge on any atom is -0.490 e. The van der Waals surface area contributed by atoms with Crippen LogP contribution in [-0.2, 0) is 4.84 Å². The van der Waals surface area contributed by atoms with Crippen molar-refractivity contribution in [3.05, 3.63) is 30.1 Å². The molecule has 4 heteroatoms. The van der Waals surface area contributed by atoms with Crippen LogP contribution in [0.15, 0.2) is 24.3 Å². The normalized spacial score (nSPS) is 10.0. The first-order valence-electron chi connectivity index (χ1n) is 4.03. The minimum atomic E-state index is -0.351. The summed E-state index contributed by atoms with van der Waals surface area (Å²) in [7, 11) is 0. The predicted molar refractivity (Wildman–Crippen MR) is 46.7 cm³/mol. The molecule has 0 saturated carbocycles. The van der Waals surface area contributed by atoms with Crippen LogP contribution in [0.2, 0.25) is 0 Å². The molecule has 0 aliphatic heterocycles. The fourth-order valence-electron chi connectivity index (χ4n) is 0.886. The van der Waals surface area contributed by atoms with Gasteiger partial charge in [0, 0.05) is 6.42 Å². The predicted octanol–water partition coefficient (Wildman–Crippen LogP) is 1.48. The fourth-order valence-corrected chi connectivity index (χ4v) is 0.886. The number of ether oxygens (including phenoxy) is 1. The van der Waals surface area contributed by atoms with E-state index in [2.05, 4.69) is 4.84 Å². The molecule has 0 aliphatic carbocycles. The zero-order valence-corrected chi connectivity index (χ0v) is 7.20. The number of nitrogens with two attached hydrogens (primary N) is 1. The summed E-state index contributed by atoms with van der Waals surface area (Å²) in [5, 5.41) is 0. The maximum Gasteiger partial charge on any atom is 0.165 e. The fraction of sp³-hybridized carbons (Fsp3) is 0.333. The van der Waals surface area contributed by atoms with Crippen LogP contribution < -0.4 is 10.6 Å². The van der Waals surface area contributed by atoms with E-state index in [0.717, 1.165) is 0 Å². The number of halogens is 1. The molecule has 72 valence electrons. The highest BCUT2D eigenvalue weighted by molar-refractivity contribution is 5.23. The van der Waals surface area contributed by atoms with Gasteiger partial charge in [0.05, 0.1) is 13.2 Å². The van der Waals surface area contributed by atoms with Gasteiger partial charge in [-0.2, -0.15) is 0 Å². The summed E-state index contributed by atoms with van der Waals surface area (Å²) in [4.78, 5) is 4.34. The molecule has 0 heterocycles. The van der Waals surface area contributed by atoms with Crippen LogP contribution in [0, 0.1) is 5.82 Å². The van der Waals surface area contributed by atoms with Crippen LogP contribution in [-0.4, -0.2) is 13.2 Å². The molecule has 0 aromatic heterocycles. The zero-order valence-electron chi connectivity index (χ0n) is 7.20. The monoisotopic (exact) mass is 185 g/mol. The lowest BCUT2D eigenvalue weighted by Gasteiger charge is -2.05. The SMILES string of the molecule is NOCCCOc1ccccc1F. The van der Waals surface area contributed by atoms with E-state index in [9.17, 15) is 4.39 Å². The van der Waals surface area contributed by atoms with Crippen molar-refractivity contribution in [1.29, 1.82) is 0 Å². The third kappa shape index (κ3) is 3.40. The minimum absolute atomic E-state index is 0.263. The van der Waals surface area contributed by atoms with Crippen molar-refractivity contribution >= 4 is 0 Å². The van der Waals surface area contributed by atoms with Crippen molar-refractivity contribution in [2.45, 2.75) is 6.42 Å². The summed E-state index contributed by atoms with van der Waals surface area (Å²) in [6, 6.07) is 6.27. The van der Waals surface area contributed by atoms with Crippen molar-refractivity contribution in [1.82, 2.24) is 0 Å². The highest BCUT2D eigenvalue weighted by Crippen LogP contribution is 2.15. The lowest BCUT2D eigenvalue weighted by Crippen LogP contribution is -2.06. The summed E-state index contributed by atoms with van der Waals surface area (Å²) in [6.07, 6.45) is 0.644. The van der Waals surface area contributed by atoms with Gasteiger partial charge in [-0.05, 0) is 12.1 Å². The Hall–Kier alpha value is -1.13. The molecule has 0 unspecified atom stereocenters. The molecule has 1 rings (SSSR count). The summed E-state index contributed by atoms with van der Waals surface area (Å²) in [5.41, 5.74) is 0. The Balaban J connectivity index is 2.32. The number of rotatable bonds is 5. The van der Waals surface area contributed by atoms with E-state index >= 15 is 0 Å². The van der Waals surface area contributed by atoms with Crippen molar-refractivity contribution in [3.8, 4) is 5.75 Å². The quantitative estimate of drug-likeness (QED) is 0.558. The molecule has 1 aromatic rings. The Bertz CT molecular complexity index is 255. The molecule has 0 atom stereocenters. The van der Waals surface area contributed by atoms with Gasteiger partial charge >= 0.3 is 0 Å². The Kier molecular flexibility index (Phi) is 4.21. The molecule has 0 saturated heterocycles. The van der Waals surface area contributed by atoms with Crippen molar-refractivity contribution < 1.29 is 14.0 Å². The Morgan fingerprint density at radius 3 is 2.69 bits per heavy atom. The van der Waals surface area contributed by atoms with Gasteiger partial charge in [-0.25, -0.2) is 10.3 Å². The number of benzene rings is 1. The molecule has 1 aromatic carbocycles. The van der Waals surface area contributed by atoms with Crippen LogP contribution in [0.25, 0.3) is 0 Å². The maximum absolute atomic E-state index is 12.9. The van der Waals surface area contributed by atoms with Crippen molar-refractivity contribution in [3.63, 3.8) is 0 Å². The van der Waals surface area contributed by atoms with E-state index in [4.69, 9.17) is 10.6 Å². The van der Waals surface area contributed by atoms with E-state index in [-0.39, 0.29) is 11.6 Å². The van der Waals surface area contributed by atoms with Crippen molar-refractivity contribution in [2.75, 3.05) is 13.2 Å². The van der Waals surface area contributed by atoms with E-state index in [1.807, 2.05) is 0 Å². The van der Waals surface area contributed by atoms with Gasteiger partial charge in [0.2, 0.25) is 0 Å². The van der Waals surface area contributed by atoms with Crippen LogP contribution in [0.3, 0.4) is 0 Å². The third-order valence-electron chi connectivity index (χ3n) is 1.50. The van der Waals surface area contributed by atoms with Gasteiger partial charge in [0.1, 0.15) is 0 Å². The molecule has 0 radical (unpaired) electrons. The molecule has 0 aliphatic rings. The molecule has 0 amide bonds.